The van der Waals surface area contributed by atoms with Crippen LogP contribution in [-0.2, 0) is 12.3 Å². The predicted octanol–water partition coefficient (Wildman–Crippen LogP) is 4.57. The van der Waals surface area contributed by atoms with Gasteiger partial charge in [0.05, 0.1) is 10.9 Å². The third kappa shape index (κ3) is 3.34. The van der Waals surface area contributed by atoms with Gasteiger partial charge in [0.25, 0.3) is 5.56 Å². The molecule has 0 unspecified atom stereocenters. The molecule has 0 amide bonds. The molecule has 3 rings (SSSR count). The SMILES string of the molecule is C=CCn1c(SCc2c(F)c(F)c(F)c(F)c2F)nc2ccccc2c1=O. The second-order valence-electron chi connectivity index (χ2n) is 5.45. The zero-order chi connectivity index (χ0) is 19.7. The molecule has 1 aromatic heterocycles. The van der Waals surface area contributed by atoms with Gasteiger partial charge in [0.1, 0.15) is 0 Å². The Kier molecular flexibility index (Phi) is 5.31. The van der Waals surface area contributed by atoms with E-state index in [4.69, 9.17) is 0 Å². The molecular weight excluding hydrogens is 387 g/mol. The molecule has 140 valence electrons. The molecule has 0 atom stereocenters. The smallest absolute Gasteiger partial charge is 0.262 e. The summed E-state index contributed by atoms with van der Waals surface area (Å²) in [6.07, 6.45) is 1.43. The lowest BCUT2D eigenvalue weighted by Gasteiger charge is -2.12. The number of para-hydroxylation sites is 1. The summed E-state index contributed by atoms with van der Waals surface area (Å²) in [5, 5.41) is 0.405. The summed E-state index contributed by atoms with van der Waals surface area (Å²) in [6.45, 7) is 3.61. The minimum absolute atomic E-state index is 0.0656. The molecule has 1 heterocycles. The standard InChI is InChI=1S/C18H11F5N2OS/c1-2-7-25-17(26)9-5-3-4-6-11(9)24-18(25)27-8-10-12(19)14(21)16(23)15(22)13(10)20/h2-6H,1,7-8H2. The molecule has 3 nitrogen and oxygen atoms in total. The molecular formula is C18H11F5N2OS. The second-order valence-corrected chi connectivity index (χ2v) is 6.40. The van der Waals surface area contributed by atoms with Crippen LogP contribution in [0.1, 0.15) is 5.56 Å². The Morgan fingerprint density at radius 2 is 1.59 bits per heavy atom. The quantitative estimate of drug-likeness (QED) is 0.158. The van der Waals surface area contributed by atoms with Crippen LogP contribution in [0.15, 0.2) is 46.9 Å². The van der Waals surface area contributed by atoms with Crippen LogP contribution >= 0.6 is 11.8 Å². The van der Waals surface area contributed by atoms with Gasteiger partial charge in [0.2, 0.25) is 5.82 Å². The fraction of sp³-hybridized carbons (Fsp3) is 0.111. The van der Waals surface area contributed by atoms with Crippen LogP contribution in [0.3, 0.4) is 0 Å². The number of thioether (sulfide) groups is 1. The lowest BCUT2D eigenvalue weighted by Crippen LogP contribution is -2.22. The van der Waals surface area contributed by atoms with Crippen LogP contribution in [-0.4, -0.2) is 9.55 Å². The predicted molar refractivity (Wildman–Crippen MR) is 92.0 cm³/mol. The molecule has 0 radical (unpaired) electrons. The molecule has 3 aromatic rings. The molecule has 0 fully saturated rings. The third-order valence-corrected chi connectivity index (χ3v) is 4.79. The first-order chi connectivity index (χ1) is 12.9. The van der Waals surface area contributed by atoms with Gasteiger partial charge in [-0.25, -0.2) is 26.9 Å². The Morgan fingerprint density at radius 1 is 1.00 bits per heavy atom. The lowest BCUT2D eigenvalue weighted by atomic mass is 10.2. The average Bonchev–Trinajstić information content (AvgIpc) is 2.67. The molecule has 0 spiro atoms. The van der Waals surface area contributed by atoms with Crippen molar-refractivity contribution in [2.75, 3.05) is 0 Å². The minimum Gasteiger partial charge on any atom is -0.283 e. The number of benzene rings is 2. The largest absolute Gasteiger partial charge is 0.283 e. The van der Waals surface area contributed by atoms with Crippen molar-refractivity contribution in [3.05, 3.63) is 81.9 Å². The van der Waals surface area contributed by atoms with E-state index in [1.54, 1.807) is 24.3 Å². The average molecular weight is 398 g/mol. The molecule has 0 N–H and O–H groups in total. The van der Waals surface area contributed by atoms with Crippen LogP contribution in [0.4, 0.5) is 22.0 Å². The maximum absolute atomic E-state index is 13.8. The third-order valence-electron chi connectivity index (χ3n) is 3.78. The minimum atomic E-state index is -2.22. The van der Waals surface area contributed by atoms with Crippen LogP contribution in [0.2, 0.25) is 0 Å². The number of nitrogens with zero attached hydrogens (tertiary/aromatic N) is 2. The van der Waals surface area contributed by atoms with Gasteiger partial charge >= 0.3 is 0 Å². The van der Waals surface area contributed by atoms with Crippen molar-refractivity contribution >= 4 is 22.7 Å². The highest BCUT2D eigenvalue weighted by Gasteiger charge is 2.26. The van der Waals surface area contributed by atoms with E-state index in [1.165, 1.54) is 10.6 Å². The first-order valence-corrected chi connectivity index (χ1v) is 8.59. The molecule has 27 heavy (non-hydrogen) atoms. The Morgan fingerprint density at radius 3 is 2.22 bits per heavy atom. The van der Waals surface area contributed by atoms with E-state index in [2.05, 4.69) is 11.6 Å². The van der Waals surface area contributed by atoms with Gasteiger partial charge in [-0.15, -0.1) is 6.58 Å². The first-order valence-electron chi connectivity index (χ1n) is 7.60. The maximum atomic E-state index is 13.8. The number of fused-ring (bicyclic) bond motifs is 1. The van der Waals surface area contributed by atoms with E-state index in [0.29, 0.717) is 22.7 Å². The van der Waals surface area contributed by atoms with Gasteiger partial charge in [-0.3, -0.25) is 9.36 Å². The Bertz CT molecular complexity index is 1080. The van der Waals surface area contributed by atoms with E-state index in [-0.39, 0.29) is 11.7 Å². The highest BCUT2D eigenvalue weighted by molar-refractivity contribution is 7.98. The molecule has 0 aliphatic rings. The fourth-order valence-electron chi connectivity index (χ4n) is 2.46. The van der Waals surface area contributed by atoms with Crippen molar-refractivity contribution in [3.8, 4) is 0 Å². The van der Waals surface area contributed by atoms with Crippen molar-refractivity contribution in [3.63, 3.8) is 0 Å². The second kappa shape index (κ2) is 7.51. The number of hydrogen-bond acceptors (Lipinski definition) is 3. The summed E-state index contributed by atoms with van der Waals surface area (Å²) in [5.41, 5.74) is -1.04. The number of halogens is 5. The van der Waals surface area contributed by atoms with E-state index in [1.807, 2.05) is 0 Å². The number of allylic oxidation sites excluding steroid dienone is 1. The van der Waals surface area contributed by atoms with Crippen molar-refractivity contribution in [2.45, 2.75) is 17.5 Å². The summed E-state index contributed by atoms with van der Waals surface area (Å²) < 4.78 is 68.8. The topological polar surface area (TPSA) is 34.9 Å². The highest BCUT2D eigenvalue weighted by atomic mass is 32.2. The summed E-state index contributed by atoms with van der Waals surface area (Å²) in [7, 11) is 0. The van der Waals surface area contributed by atoms with E-state index in [9.17, 15) is 26.7 Å². The maximum Gasteiger partial charge on any atom is 0.262 e. The zero-order valence-corrected chi connectivity index (χ0v) is 14.4. The van der Waals surface area contributed by atoms with E-state index in [0.717, 1.165) is 0 Å². The molecule has 2 aromatic carbocycles. The molecule has 9 heteroatoms. The summed E-state index contributed by atoms with van der Waals surface area (Å²) >= 11 is 0.689. The lowest BCUT2D eigenvalue weighted by molar-refractivity contribution is 0.372. The fourth-order valence-corrected chi connectivity index (χ4v) is 3.46. The first kappa shape index (κ1) is 19.1. The zero-order valence-electron chi connectivity index (χ0n) is 13.6. The van der Waals surface area contributed by atoms with Gasteiger partial charge in [-0.1, -0.05) is 30.0 Å². The van der Waals surface area contributed by atoms with Gasteiger partial charge < -0.3 is 0 Å². The van der Waals surface area contributed by atoms with Gasteiger partial charge in [-0.2, -0.15) is 0 Å². The van der Waals surface area contributed by atoms with Crippen LogP contribution in [0.5, 0.6) is 0 Å². The van der Waals surface area contributed by atoms with Crippen LogP contribution in [0.25, 0.3) is 10.9 Å². The van der Waals surface area contributed by atoms with Gasteiger partial charge in [0, 0.05) is 17.9 Å². The number of hydrogen-bond donors (Lipinski definition) is 0. The van der Waals surface area contributed by atoms with Crippen molar-refractivity contribution in [2.24, 2.45) is 0 Å². The highest BCUT2D eigenvalue weighted by Crippen LogP contribution is 2.29. The van der Waals surface area contributed by atoms with Gasteiger partial charge in [0.15, 0.2) is 28.4 Å². The van der Waals surface area contributed by atoms with Crippen molar-refractivity contribution < 1.29 is 22.0 Å². The Balaban J connectivity index is 2.07. The molecule has 0 bridgehead atoms. The molecule has 0 aliphatic heterocycles. The normalized spacial score (nSPS) is 11.1. The number of rotatable bonds is 5. The van der Waals surface area contributed by atoms with Crippen molar-refractivity contribution in [1.29, 1.82) is 0 Å². The molecule has 0 aliphatic carbocycles. The van der Waals surface area contributed by atoms with Crippen LogP contribution < -0.4 is 5.56 Å². The van der Waals surface area contributed by atoms with Crippen LogP contribution in [0, 0.1) is 29.1 Å². The van der Waals surface area contributed by atoms with Crippen molar-refractivity contribution in [1.82, 2.24) is 9.55 Å². The summed E-state index contributed by atoms with van der Waals surface area (Å²) in [4.78, 5) is 16.8. The van der Waals surface area contributed by atoms with Gasteiger partial charge in [-0.05, 0) is 12.1 Å². The number of aromatic nitrogens is 2. The summed E-state index contributed by atoms with van der Waals surface area (Å²) in [6, 6.07) is 6.47. The summed E-state index contributed by atoms with van der Waals surface area (Å²) in [5.74, 6) is -10.7. The monoisotopic (exact) mass is 398 g/mol. The Labute approximate surface area is 154 Å². The van der Waals surface area contributed by atoms with E-state index < -0.39 is 46.0 Å². The van der Waals surface area contributed by atoms with E-state index >= 15 is 0 Å². The molecule has 0 saturated heterocycles. The Hall–Kier alpha value is -2.68. The molecule has 0 saturated carbocycles.